The quantitative estimate of drug-likeness (QED) is 0.401. The van der Waals surface area contributed by atoms with E-state index < -0.39 is 0 Å². The third-order valence-corrected chi connectivity index (χ3v) is 3.85. The molecule has 0 radical (unpaired) electrons. The lowest BCUT2D eigenvalue weighted by Crippen LogP contribution is -2.38. The van der Waals surface area contributed by atoms with Crippen LogP contribution in [-0.4, -0.2) is 39.7 Å². The van der Waals surface area contributed by atoms with Crippen LogP contribution < -0.4 is 5.32 Å². The van der Waals surface area contributed by atoms with Crippen LogP contribution in [0, 0.1) is 6.92 Å². The summed E-state index contributed by atoms with van der Waals surface area (Å²) in [6.45, 7) is 3.50. The van der Waals surface area contributed by atoms with E-state index in [2.05, 4.69) is 52.0 Å². The summed E-state index contributed by atoms with van der Waals surface area (Å²) in [7, 11) is 5.86. The Morgan fingerprint density at radius 3 is 2.77 bits per heavy atom. The summed E-state index contributed by atoms with van der Waals surface area (Å²) in [6, 6.07) is 2.12. The second-order valence-electron chi connectivity index (χ2n) is 5.04. The fraction of sp³-hybridized carbons (Fsp3) is 0.429. The lowest BCUT2D eigenvalue weighted by molar-refractivity contribution is 0.461. The number of guanidine groups is 1. The Kier molecular flexibility index (Phi) is 7.40. The van der Waals surface area contributed by atoms with E-state index in [-0.39, 0.29) is 24.0 Å². The van der Waals surface area contributed by atoms with Crippen molar-refractivity contribution in [1.29, 1.82) is 0 Å². The minimum atomic E-state index is 0. The number of halogens is 2. The molecule has 0 spiro atoms. The molecule has 22 heavy (non-hydrogen) atoms. The van der Waals surface area contributed by atoms with E-state index in [9.17, 15) is 0 Å². The molecule has 0 aromatic carbocycles. The number of nitrogens with one attached hydrogen (secondary N) is 2. The highest BCUT2D eigenvalue weighted by molar-refractivity contribution is 14.0. The molecule has 2 aromatic rings. The highest BCUT2D eigenvalue weighted by Crippen LogP contribution is 2.15. The molecule has 0 saturated heterocycles. The summed E-state index contributed by atoms with van der Waals surface area (Å²) in [6.07, 6.45) is 3.89. The van der Waals surface area contributed by atoms with Crippen LogP contribution in [0.5, 0.6) is 0 Å². The summed E-state index contributed by atoms with van der Waals surface area (Å²) in [5, 5.41) is 10.3. The van der Waals surface area contributed by atoms with Gasteiger partial charge in [-0.15, -0.1) is 24.0 Å². The van der Waals surface area contributed by atoms with Crippen molar-refractivity contribution in [2.75, 3.05) is 14.1 Å². The standard InChI is InChI=1S/C14H21BrN6.HI/c1-10-11(7-18-19-10)6-17-14(16-2)21(4)9-13-5-12(15)8-20(13)3;/h5,7-8H,6,9H2,1-4H3,(H,16,17)(H,18,19);1H. The van der Waals surface area contributed by atoms with Crippen molar-refractivity contribution in [1.82, 2.24) is 25.0 Å². The van der Waals surface area contributed by atoms with Crippen molar-refractivity contribution in [3.63, 3.8) is 0 Å². The van der Waals surface area contributed by atoms with Gasteiger partial charge in [-0.1, -0.05) is 0 Å². The Morgan fingerprint density at radius 2 is 2.27 bits per heavy atom. The van der Waals surface area contributed by atoms with Crippen LogP contribution in [0.15, 0.2) is 27.9 Å². The second-order valence-corrected chi connectivity index (χ2v) is 5.95. The third kappa shape index (κ3) is 4.73. The number of aromatic nitrogens is 3. The number of H-pyrrole nitrogens is 1. The molecule has 6 nitrogen and oxygen atoms in total. The smallest absolute Gasteiger partial charge is 0.194 e. The Morgan fingerprint density at radius 1 is 1.55 bits per heavy atom. The summed E-state index contributed by atoms with van der Waals surface area (Å²) in [5.41, 5.74) is 3.44. The average Bonchev–Trinajstić information content (AvgIpc) is 2.97. The number of nitrogens with zero attached hydrogens (tertiary/aromatic N) is 4. The molecule has 2 rings (SSSR count). The van der Waals surface area contributed by atoms with E-state index in [1.165, 1.54) is 5.69 Å². The van der Waals surface area contributed by atoms with Gasteiger partial charge in [0, 0.05) is 55.3 Å². The molecule has 122 valence electrons. The lowest BCUT2D eigenvalue weighted by atomic mass is 10.3. The maximum Gasteiger partial charge on any atom is 0.194 e. The summed E-state index contributed by atoms with van der Waals surface area (Å²) in [4.78, 5) is 6.42. The molecule has 8 heteroatoms. The molecule has 0 atom stereocenters. The molecule has 0 saturated carbocycles. The van der Waals surface area contributed by atoms with Gasteiger partial charge in [-0.2, -0.15) is 5.10 Å². The monoisotopic (exact) mass is 480 g/mol. The van der Waals surface area contributed by atoms with Crippen molar-refractivity contribution >= 4 is 45.9 Å². The maximum atomic E-state index is 4.33. The van der Waals surface area contributed by atoms with Crippen LogP contribution in [0.1, 0.15) is 17.0 Å². The Bertz CT molecular complexity index is 633. The van der Waals surface area contributed by atoms with E-state index in [0.29, 0.717) is 6.54 Å². The molecule has 0 bridgehead atoms. The molecular weight excluding hydrogens is 459 g/mol. The van der Waals surface area contributed by atoms with E-state index in [4.69, 9.17) is 0 Å². The first-order valence-electron chi connectivity index (χ1n) is 6.72. The molecule has 2 aromatic heterocycles. The Labute approximate surface area is 156 Å². The van der Waals surface area contributed by atoms with E-state index in [1.54, 1.807) is 7.05 Å². The average molecular weight is 481 g/mol. The van der Waals surface area contributed by atoms with Crippen molar-refractivity contribution < 1.29 is 0 Å². The summed E-state index contributed by atoms with van der Waals surface area (Å²) < 4.78 is 3.19. The number of aryl methyl sites for hydroxylation is 2. The van der Waals surface area contributed by atoms with Crippen molar-refractivity contribution in [3.8, 4) is 0 Å². The second kappa shape index (κ2) is 8.56. The summed E-state index contributed by atoms with van der Waals surface area (Å²) >= 11 is 3.50. The van der Waals surface area contributed by atoms with Gasteiger partial charge in [-0.05, 0) is 28.9 Å². The molecular formula is C14H22BrIN6. The number of aromatic amines is 1. The van der Waals surface area contributed by atoms with Gasteiger partial charge >= 0.3 is 0 Å². The maximum absolute atomic E-state index is 4.33. The van der Waals surface area contributed by atoms with Crippen LogP contribution in [0.25, 0.3) is 0 Å². The Hall–Kier alpha value is -1.03. The van der Waals surface area contributed by atoms with Crippen LogP contribution in [-0.2, 0) is 20.1 Å². The van der Waals surface area contributed by atoms with Crippen molar-refractivity contribution in [3.05, 3.63) is 39.9 Å². The minimum absolute atomic E-state index is 0. The molecule has 2 heterocycles. The van der Waals surface area contributed by atoms with E-state index in [0.717, 1.165) is 28.2 Å². The van der Waals surface area contributed by atoms with Gasteiger partial charge in [0.15, 0.2) is 5.96 Å². The fourth-order valence-electron chi connectivity index (χ4n) is 2.15. The third-order valence-electron chi connectivity index (χ3n) is 3.42. The van der Waals surface area contributed by atoms with Gasteiger partial charge < -0.3 is 14.8 Å². The van der Waals surface area contributed by atoms with Crippen LogP contribution in [0.2, 0.25) is 0 Å². The first-order valence-corrected chi connectivity index (χ1v) is 7.52. The zero-order valence-electron chi connectivity index (χ0n) is 13.2. The molecule has 0 aliphatic carbocycles. The van der Waals surface area contributed by atoms with Crippen LogP contribution in [0.3, 0.4) is 0 Å². The van der Waals surface area contributed by atoms with Crippen LogP contribution in [0.4, 0.5) is 0 Å². The van der Waals surface area contributed by atoms with Gasteiger partial charge in [0.05, 0.1) is 12.7 Å². The lowest BCUT2D eigenvalue weighted by Gasteiger charge is -2.22. The van der Waals surface area contributed by atoms with Crippen molar-refractivity contribution in [2.24, 2.45) is 12.0 Å². The SMILES string of the molecule is CN=C(NCc1cn[nH]c1C)N(C)Cc1cc(Br)cn1C.I. The normalized spacial score (nSPS) is 11.2. The Balaban J connectivity index is 0.00000242. The zero-order valence-corrected chi connectivity index (χ0v) is 17.1. The number of rotatable bonds is 4. The van der Waals surface area contributed by atoms with Gasteiger partial charge in [0.2, 0.25) is 0 Å². The highest BCUT2D eigenvalue weighted by atomic mass is 127. The molecule has 2 N–H and O–H groups in total. The molecule has 0 fully saturated rings. The molecule has 0 amide bonds. The number of aliphatic imine (C=N–C) groups is 1. The number of hydrogen-bond donors (Lipinski definition) is 2. The molecule has 0 unspecified atom stereocenters. The summed E-state index contributed by atoms with van der Waals surface area (Å²) in [5.74, 6) is 0.855. The largest absolute Gasteiger partial charge is 0.352 e. The highest BCUT2D eigenvalue weighted by Gasteiger charge is 2.10. The molecule has 0 aliphatic rings. The van der Waals surface area contributed by atoms with Crippen molar-refractivity contribution in [2.45, 2.75) is 20.0 Å². The van der Waals surface area contributed by atoms with E-state index in [1.807, 2.05) is 33.4 Å². The van der Waals surface area contributed by atoms with Gasteiger partial charge in [-0.3, -0.25) is 10.1 Å². The topological polar surface area (TPSA) is 61.2 Å². The number of hydrogen-bond acceptors (Lipinski definition) is 2. The minimum Gasteiger partial charge on any atom is -0.352 e. The fourth-order valence-corrected chi connectivity index (χ4v) is 2.73. The van der Waals surface area contributed by atoms with Gasteiger partial charge in [0.25, 0.3) is 0 Å². The predicted molar refractivity (Wildman–Crippen MR) is 104 cm³/mol. The van der Waals surface area contributed by atoms with Gasteiger partial charge in [-0.25, -0.2) is 0 Å². The first kappa shape index (κ1) is 19.0. The first-order chi connectivity index (χ1) is 10.0. The van der Waals surface area contributed by atoms with Crippen LogP contribution >= 0.6 is 39.9 Å². The predicted octanol–water partition coefficient (Wildman–Crippen LogP) is 2.64. The zero-order chi connectivity index (χ0) is 15.4. The van der Waals surface area contributed by atoms with Gasteiger partial charge in [0.1, 0.15) is 0 Å². The molecule has 0 aliphatic heterocycles. The van der Waals surface area contributed by atoms with E-state index >= 15 is 0 Å².